The molecule has 2 amide bonds. The van der Waals surface area contributed by atoms with E-state index in [0.29, 0.717) is 43.4 Å². The van der Waals surface area contributed by atoms with Gasteiger partial charge >= 0.3 is 6.03 Å². The molecule has 2 heterocycles. The van der Waals surface area contributed by atoms with E-state index in [4.69, 9.17) is 4.43 Å². The van der Waals surface area contributed by atoms with Crippen LogP contribution in [0.15, 0.2) is 36.5 Å². The highest BCUT2D eigenvalue weighted by atomic mass is 28.4. The van der Waals surface area contributed by atoms with Crippen LogP contribution < -0.4 is 14.6 Å². The summed E-state index contributed by atoms with van der Waals surface area (Å²) in [5, 5.41) is 2.88. The summed E-state index contributed by atoms with van der Waals surface area (Å²) in [6, 6.07) is 6.75. The molecule has 0 radical (unpaired) electrons. The molecule has 1 aliphatic heterocycles. The Morgan fingerprint density at radius 2 is 1.68 bits per heavy atom. The normalized spacial score (nSPS) is 15.1. The number of halogens is 2. The molecule has 6 nitrogen and oxygen atoms in total. The Morgan fingerprint density at radius 1 is 1.06 bits per heavy atom. The highest BCUT2D eigenvalue weighted by Gasteiger charge is 2.39. The van der Waals surface area contributed by atoms with E-state index in [1.165, 1.54) is 12.1 Å². The molecule has 1 N–H and O–H groups in total. The average Bonchev–Trinajstić information content (AvgIpc) is 2.68. The zero-order valence-corrected chi connectivity index (χ0v) is 19.7. The summed E-state index contributed by atoms with van der Waals surface area (Å²) in [6.45, 7) is 12.7. The van der Waals surface area contributed by atoms with E-state index in [1.54, 1.807) is 17.2 Å². The fourth-order valence-electron chi connectivity index (χ4n) is 3.04. The highest BCUT2D eigenvalue weighted by Crippen LogP contribution is 2.37. The van der Waals surface area contributed by atoms with Gasteiger partial charge in [0.1, 0.15) is 23.2 Å². The van der Waals surface area contributed by atoms with Crippen LogP contribution in [-0.2, 0) is 0 Å². The molecule has 0 atom stereocenters. The lowest BCUT2D eigenvalue weighted by Gasteiger charge is -2.36. The minimum atomic E-state index is -1.95. The molecule has 9 heteroatoms. The number of carbonyl (C=O) groups excluding carboxylic acids is 1. The molecule has 31 heavy (non-hydrogen) atoms. The number of hydrogen-bond donors (Lipinski definition) is 1. The highest BCUT2D eigenvalue weighted by molar-refractivity contribution is 6.74. The SMILES string of the molecule is CC(C)(C)[Si](C)(C)Oc1ccc(NC(=O)N2CCN(c3cc(F)cc(F)c3)CC2)nc1. The van der Waals surface area contributed by atoms with Gasteiger partial charge in [-0.3, -0.25) is 5.32 Å². The fraction of sp³-hybridized carbons (Fsp3) is 0.455. The molecule has 1 aliphatic rings. The number of urea groups is 1. The molecule has 1 aromatic heterocycles. The summed E-state index contributed by atoms with van der Waals surface area (Å²) in [4.78, 5) is 20.4. The molecule has 0 spiro atoms. The van der Waals surface area contributed by atoms with Crippen LogP contribution in [0.5, 0.6) is 5.75 Å². The first-order chi connectivity index (χ1) is 14.4. The number of amides is 2. The number of anilines is 2. The van der Waals surface area contributed by atoms with Crippen LogP contribution in [0, 0.1) is 11.6 Å². The molecule has 0 unspecified atom stereocenters. The summed E-state index contributed by atoms with van der Waals surface area (Å²) >= 11 is 0. The lowest BCUT2D eigenvalue weighted by Crippen LogP contribution is -2.50. The molecule has 0 aliphatic carbocycles. The molecule has 168 valence electrons. The lowest BCUT2D eigenvalue weighted by atomic mass is 10.2. The Balaban J connectivity index is 1.54. The third-order valence-electron chi connectivity index (χ3n) is 5.93. The van der Waals surface area contributed by atoms with Gasteiger partial charge in [-0.25, -0.2) is 18.6 Å². The average molecular weight is 449 g/mol. The van der Waals surface area contributed by atoms with Crippen molar-refractivity contribution in [2.75, 3.05) is 36.4 Å². The second kappa shape index (κ2) is 8.82. The molecule has 2 aromatic rings. The number of aromatic nitrogens is 1. The zero-order valence-electron chi connectivity index (χ0n) is 18.7. The molecular weight excluding hydrogens is 418 g/mol. The van der Waals surface area contributed by atoms with E-state index >= 15 is 0 Å². The first kappa shape index (κ1) is 23.0. The number of nitrogens with one attached hydrogen (secondary N) is 1. The lowest BCUT2D eigenvalue weighted by molar-refractivity contribution is 0.208. The van der Waals surface area contributed by atoms with Gasteiger partial charge < -0.3 is 14.2 Å². The number of hydrogen-bond acceptors (Lipinski definition) is 4. The number of piperazine rings is 1. The van der Waals surface area contributed by atoms with Crippen molar-refractivity contribution in [3.63, 3.8) is 0 Å². The van der Waals surface area contributed by atoms with E-state index in [1.807, 2.05) is 11.0 Å². The maximum absolute atomic E-state index is 13.5. The Kier molecular flexibility index (Phi) is 6.54. The monoisotopic (exact) mass is 448 g/mol. The summed E-state index contributed by atoms with van der Waals surface area (Å²) in [5.74, 6) is -0.0767. The van der Waals surface area contributed by atoms with Crippen molar-refractivity contribution in [3.8, 4) is 5.75 Å². The predicted octanol–water partition coefficient (Wildman–Crippen LogP) is 5.10. The van der Waals surface area contributed by atoms with Gasteiger partial charge in [-0.1, -0.05) is 20.8 Å². The van der Waals surface area contributed by atoms with Crippen LogP contribution in [0.3, 0.4) is 0 Å². The van der Waals surface area contributed by atoms with Crippen LogP contribution in [-0.4, -0.2) is 50.4 Å². The number of benzene rings is 1. The second-order valence-electron chi connectivity index (χ2n) is 9.27. The molecular formula is C22H30F2N4O2Si. The minimum Gasteiger partial charge on any atom is -0.542 e. The molecule has 3 rings (SSSR count). The summed E-state index contributed by atoms with van der Waals surface area (Å²) < 4.78 is 33.1. The molecule has 0 saturated carbocycles. The van der Waals surface area contributed by atoms with Crippen molar-refractivity contribution in [2.45, 2.75) is 38.9 Å². The van der Waals surface area contributed by atoms with E-state index in [9.17, 15) is 13.6 Å². The first-order valence-electron chi connectivity index (χ1n) is 10.4. The fourth-order valence-corrected chi connectivity index (χ4v) is 4.06. The van der Waals surface area contributed by atoms with Gasteiger partial charge in [0.15, 0.2) is 0 Å². The molecule has 1 saturated heterocycles. The van der Waals surface area contributed by atoms with Crippen molar-refractivity contribution in [1.29, 1.82) is 0 Å². The van der Waals surface area contributed by atoms with E-state index in [2.05, 4.69) is 44.2 Å². The largest absolute Gasteiger partial charge is 0.542 e. The Labute approximate surface area is 183 Å². The molecule has 0 bridgehead atoms. The number of carbonyl (C=O) groups is 1. The van der Waals surface area contributed by atoms with Crippen LogP contribution in [0.2, 0.25) is 18.1 Å². The third-order valence-corrected chi connectivity index (χ3v) is 10.3. The van der Waals surface area contributed by atoms with Crippen molar-refractivity contribution < 1.29 is 18.0 Å². The number of rotatable bonds is 4. The maximum Gasteiger partial charge on any atom is 0.323 e. The van der Waals surface area contributed by atoms with E-state index < -0.39 is 20.0 Å². The van der Waals surface area contributed by atoms with Crippen LogP contribution >= 0.6 is 0 Å². The van der Waals surface area contributed by atoms with Crippen LogP contribution in [0.25, 0.3) is 0 Å². The van der Waals surface area contributed by atoms with Gasteiger partial charge in [0.05, 0.1) is 6.20 Å². The number of nitrogens with zero attached hydrogens (tertiary/aromatic N) is 3. The van der Waals surface area contributed by atoms with Crippen molar-refractivity contribution in [1.82, 2.24) is 9.88 Å². The summed E-state index contributed by atoms with van der Waals surface area (Å²) in [7, 11) is -1.95. The summed E-state index contributed by atoms with van der Waals surface area (Å²) in [5.41, 5.74) is 0.483. The third kappa shape index (κ3) is 5.72. The second-order valence-corrected chi connectivity index (χ2v) is 14.0. The Morgan fingerprint density at radius 3 is 2.19 bits per heavy atom. The van der Waals surface area contributed by atoms with Gasteiger partial charge in [0.25, 0.3) is 8.32 Å². The van der Waals surface area contributed by atoms with Crippen molar-refractivity contribution in [2.24, 2.45) is 0 Å². The van der Waals surface area contributed by atoms with Crippen molar-refractivity contribution in [3.05, 3.63) is 48.2 Å². The van der Waals surface area contributed by atoms with Crippen molar-refractivity contribution >= 4 is 25.9 Å². The quantitative estimate of drug-likeness (QED) is 0.662. The Hall–Kier alpha value is -2.68. The van der Waals surface area contributed by atoms with Gasteiger partial charge in [-0.15, -0.1) is 0 Å². The minimum absolute atomic E-state index is 0.0827. The van der Waals surface area contributed by atoms with Crippen LogP contribution in [0.1, 0.15) is 20.8 Å². The van der Waals surface area contributed by atoms with Gasteiger partial charge in [-0.2, -0.15) is 0 Å². The number of pyridine rings is 1. The smallest absolute Gasteiger partial charge is 0.323 e. The molecule has 1 fully saturated rings. The maximum atomic E-state index is 13.5. The van der Waals surface area contributed by atoms with Crippen LogP contribution in [0.4, 0.5) is 25.1 Å². The van der Waals surface area contributed by atoms with Gasteiger partial charge in [0, 0.05) is 37.9 Å². The molecule has 1 aromatic carbocycles. The first-order valence-corrected chi connectivity index (χ1v) is 13.3. The van der Waals surface area contributed by atoms with Gasteiger partial charge in [0.2, 0.25) is 0 Å². The topological polar surface area (TPSA) is 57.7 Å². The summed E-state index contributed by atoms with van der Waals surface area (Å²) in [6.07, 6.45) is 1.63. The van der Waals surface area contributed by atoms with E-state index in [0.717, 1.165) is 6.07 Å². The van der Waals surface area contributed by atoms with Gasteiger partial charge in [-0.05, 0) is 42.4 Å². The standard InChI is InChI=1S/C22H30F2N4O2Si/c1-22(2,3)31(4,5)30-19-6-7-20(25-15-19)26-21(29)28-10-8-27(9-11-28)18-13-16(23)12-17(24)14-18/h6-7,12-15H,8-11H2,1-5H3,(H,25,26,29). The zero-order chi connectivity index (χ0) is 22.8. The predicted molar refractivity (Wildman–Crippen MR) is 121 cm³/mol. The van der Waals surface area contributed by atoms with E-state index in [-0.39, 0.29) is 11.1 Å². The Bertz CT molecular complexity index is 904.